The predicted octanol–water partition coefficient (Wildman–Crippen LogP) is 2.03. The van der Waals surface area contributed by atoms with E-state index in [-0.39, 0.29) is 6.04 Å². The molecule has 0 aliphatic carbocycles. The number of likely N-dealkylation sites (N-methyl/N-ethyl adjacent to an activating group) is 1. The Labute approximate surface area is 166 Å². The zero-order chi connectivity index (χ0) is 18.6. The monoisotopic (exact) mass is 386 g/mol. The van der Waals surface area contributed by atoms with Gasteiger partial charge in [0.1, 0.15) is 0 Å². The third-order valence-corrected chi connectivity index (χ3v) is 5.83. The van der Waals surface area contributed by atoms with Gasteiger partial charge in [0.2, 0.25) is 5.95 Å². The van der Waals surface area contributed by atoms with Crippen molar-refractivity contribution in [1.82, 2.24) is 25.1 Å². The first kappa shape index (κ1) is 18.6. The van der Waals surface area contributed by atoms with E-state index in [0.717, 1.165) is 68.9 Å². The van der Waals surface area contributed by atoms with Gasteiger partial charge in [0, 0.05) is 81.4 Å². The summed E-state index contributed by atoms with van der Waals surface area (Å²) in [6.45, 7) is 7.81. The van der Waals surface area contributed by atoms with Crippen molar-refractivity contribution in [2.24, 2.45) is 0 Å². The van der Waals surface area contributed by atoms with Gasteiger partial charge in [0.15, 0.2) is 0 Å². The number of anilines is 1. The van der Waals surface area contributed by atoms with E-state index in [1.165, 1.54) is 5.56 Å². The topological polar surface area (TPSA) is 47.5 Å². The van der Waals surface area contributed by atoms with Gasteiger partial charge in [0.25, 0.3) is 0 Å². The maximum atomic E-state index is 6.45. The molecule has 0 radical (unpaired) electrons. The second-order valence-corrected chi connectivity index (χ2v) is 7.80. The van der Waals surface area contributed by atoms with Crippen LogP contribution in [0.2, 0.25) is 5.02 Å². The molecule has 1 unspecified atom stereocenters. The van der Waals surface area contributed by atoms with Crippen molar-refractivity contribution in [3.63, 3.8) is 0 Å². The number of benzene rings is 1. The fraction of sp³-hybridized carbons (Fsp3) is 0.500. The van der Waals surface area contributed by atoms with Gasteiger partial charge in [0.05, 0.1) is 0 Å². The van der Waals surface area contributed by atoms with Crippen LogP contribution in [0.1, 0.15) is 17.2 Å². The fourth-order valence-corrected chi connectivity index (χ4v) is 4.08. The van der Waals surface area contributed by atoms with Crippen LogP contribution in [0.5, 0.6) is 0 Å². The number of nitrogens with one attached hydrogen (secondary N) is 1. The van der Waals surface area contributed by atoms with E-state index in [9.17, 15) is 0 Å². The number of halogens is 1. The van der Waals surface area contributed by atoms with Gasteiger partial charge in [-0.1, -0.05) is 29.8 Å². The fourth-order valence-electron chi connectivity index (χ4n) is 3.82. The largest absolute Gasteiger partial charge is 0.338 e. The summed E-state index contributed by atoms with van der Waals surface area (Å²) in [6, 6.07) is 8.40. The van der Waals surface area contributed by atoms with Crippen LogP contribution in [0, 0.1) is 0 Å². The summed E-state index contributed by atoms with van der Waals surface area (Å²) < 4.78 is 0. The molecule has 2 fully saturated rings. The maximum Gasteiger partial charge on any atom is 0.225 e. The molecule has 2 saturated heterocycles. The summed E-state index contributed by atoms with van der Waals surface area (Å²) in [5.74, 6) is 0.842. The number of piperazine rings is 2. The molecular formula is C20H27ClN6. The average molecular weight is 387 g/mol. The Hall–Kier alpha value is -1.73. The highest BCUT2D eigenvalue weighted by Crippen LogP contribution is 2.29. The lowest BCUT2D eigenvalue weighted by atomic mass is 10.0. The standard InChI is InChI=1S/C20H27ClN6/c1-25-8-10-26(11-9-25)20-23-12-16(13-24-20)15-27-7-6-22-14-19(27)17-4-2-3-5-18(17)21/h2-5,12-13,19,22H,6-11,14-15H2,1H3. The van der Waals surface area contributed by atoms with Gasteiger partial charge in [-0.3, -0.25) is 4.90 Å². The molecule has 0 bridgehead atoms. The average Bonchev–Trinajstić information content (AvgIpc) is 2.70. The molecule has 0 amide bonds. The van der Waals surface area contributed by atoms with E-state index in [1.54, 1.807) is 0 Å². The van der Waals surface area contributed by atoms with E-state index in [4.69, 9.17) is 11.6 Å². The summed E-state index contributed by atoms with van der Waals surface area (Å²) in [5, 5.41) is 4.32. The van der Waals surface area contributed by atoms with Crippen LogP contribution in [0.25, 0.3) is 0 Å². The normalized spacial score (nSPS) is 22.1. The van der Waals surface area contributed by atoms with Crippen molar-refractivity contribution in [2.45, 2.75) is 12.6 Å². The lowest BCUT2D eigenvalue weighted by Gasteiger charge is -2.37. The van der Waals surface area contributed by atoms with Gasteiger partial charge in [-0.2, -0.15) is 0 Å². The summed E-state index contributed by atoms with van der Waals surface area (Å²) in [4.78, 5) is 16.3. The number of aromatic nitrogens is 2. The minimum absolute atomic E-state index is 0.268. The molecule has 0 saturated carbocycles. The molecule has 144 valence electrons. The van der Waals surface area contributed by atoms with Gasteiger partial charge < -0.3 is 15.1 Å². The quantitative estimate of drug-likeness (QED) is 0.867. The van der Waals surface area contributed by atoms with E-state index in [1.807, 2.05) is 24.5 Å². The van der Waals surface area contributed by atoms with Crippen molar-refractivity contribution in [3.05, 3.63) is 52.8 Å². The van der Waals surface area contributed by atoms with E-state index in [0.29, 0.717) is 0 Å². The Balaban J connectivity index is 1.45. The third-order valence-electron chi connectivity index (χ3n) is 5.48. The molecule has 1 atom stereocenters. The van der Waals surface area contributed by atoms with Crippen molar-refractivity contribution in [3.8, 4) is 0 Å². The molecule has 3 heterocycles. The first-order valence-corrected chi connectivity index (χ1v) is 10.0. The van der Waals surface area contributed by atoms with E-state index >= 15 is 0 Å². The first-order chi connectivity index (χ1) is 13.2. The zero-order valence-corrected chi connectivity index (χ0v) is 16.6. The molecule has 27 heavy (non-hydrogen) atoms. The van der Waals surface area contributed by atoms with Gasteiger partial charge in [-0.25, -0.2) is 9.97 Å². The molecule has 7 heteroatoms. The molecule has 1 aromatic carbocycles. The molecule has 2 aromatic rings. The second-order valence-electron chi connectivity index (χ2n) is 7.39. The maximum absolute atomic E-state index is 6.45. The Morgan fingerprint density at radius 3 is 2.56 bits per heavy atom. The van der Waals surface area contributed by atoms with E-state index < -0.39 is 0 Å². The minimum Gasteiger partial charge on any atom is -0.338 e. The number of rotatable bonds is 4. The highest BCUT2D eigenvalue weighted by molar-refractivity contribution is 6.31. The van der Waals surface area contributed by atoms with Crippen molar-refractivity contribution in [2.75, 3.05) is 57.8 Å². The molecule has 2 aliphatic heterocycles. The molecular weight excluding hydrogens is 360 g/mol. The Kier molecular flexibility index (Phi) is 5.88. The number of hydrogen-bond donors (Lipinski definition) is 1. The van der Waals surface area contributed by atoms with Gasteiger partial charge in [-0.05, 0) is 18.7 Å². The highest BCUT2D eigenvalue weighted by atomic mass is 35.5. The zero-order valence-electron chi connectivity index (χ0n) is 15.8. The third kappa shape index (κ3) is 4.41. The van der Waals surface area contributed by atoms with Crippen LogP contribution in [0.4, 0.5) is 5.95 Å². The lowest BCUT2D eigenvalue weighted by molar-refractivity contribution is 0.153. The minimum atomic E-state index is 0.268. The molecule has 2 aliphatic rings. The molecule has 4 rings (SSSR count). The van der Waals surface area contributed by atoms with Crippen molar-refractivity contribution < 1.29 is 0 Å². The van der Waals surface area contributed by atoms with Crippen LogP contribution >= 0.6 is 11.6 Å². The smallest absolute Gasteiger partial charge is 0.225 e. The molecule has 1 N–H and O–H groups in total. The van der Waals surface area contributed by atoms with Crippen molar-refractivity contribution >= 4 is 17.5 Å². The van der Waals surface area contributed by atoms with Crippen LogP contribution in [-0.4, -0.2) is 72.6 Å². The Bertz CT molecular complexity index is 744. The Morgan fingerprint density at radius 2 is 1.81 bits per heavy atom. The van der Waals surface area contributed by atoms with Crippen LogP contribution in [-0.2, 0) is 6.54 Å². The first-order valence-electron chi connectivity index (χ1n) is 9.64. The van der Waals surface area contributed by atoms with Crippen molar-refractivity contribution in [1.29, 1.82) is 0 Å². The van der Waals surface area contributed by atoms with E-state index in [2.05, 4.69) is 49.2 Å². The summed E-state index contributed by atoms with van der Waals surface area (Å²) in [5.41, 5.74) is 2.33. The van der Waals surface area contributed by atoms with Crippen LogP contribution in [0.15, 0.2) is 36.7 Å². The van der Waals surface area contributed by atoms with Crippen LogP contribution < -0.4 is 10.2 Å². The Morgan fingerprint density at radius 1 is 1.07 bits per heavy atom. The SMILES string of the molecule is CN1CCN(c2ncc(CN3CCNCC3c3ccccc3Cl)cn2)CC1. The van der Waals surface area contributed by atoms with Crippen LogP contribution in [0.3, 0.4) is 0 Å². The highest BCUT2D eigenvalue weighted by Gasteiger charge is 2.25. The van der Waals surface area contributed by atoms with Gasteiger partial charge in [-0.15, -0.1) is 0 Å². The number of hydrogen-bond acceptors (Lipinski definition) is 6. The second kappa shape index (κ2) is 8.52. The summed E-state index contributed by atoms with van der Waals surface area (Å²) in [7, 11) is 2.16. The predicted molar refractivity (Wildman–Crippen MR) is 109 cm³/mol. The molecule has 0 spiro atoms. The summed E-state index contributed by atoms with van der Waals surface area (Å²) in [6.07, 6.45) is 3.96. The lowest BCUT2D eigenvalue weighted by Crippen LogP contribution is -2.46. The number of nitrogens with zero attached hydrogens (tertiary/aromatic N) is 5. The summed E-state index contributed by atoms with van der Waals surface area (Å²) >= 11 is 6.45. The van der Waals surface area contributed by atoms with Gasteiger partial charge >= 0.3 is 0 Å². The molecule has 1 aromatic heterocycles. The molecule has 6 nitrogen and oxygen atoms in total.